The molecule has 0 aliphatic carbocycles. The molecule has 0 spiro atoms. The Morgan fingerprint density at radius 1 is 0.327 bits per heavy atom. The van der Waals surface area contributed by atoms with E-state index in [1.165, 1.54) is 0 Å². The highest BCUT2D eigenvalue weighted by atomic mass is 14.9. The molecule has 0 unspecified atom stereocenters. The van der Waals surface area contributed by atoms with Crippen molar-refractivity contribution < 1.29 is 0 Å². The van der Waals surface area contributed by atoms with Crippen LogP contribution in [0, 0.1) is 90.6 Å². The quantitative estimate of drug-likeness (QED) is 0.222. The number of rotatable bonds is 0. The molecule has 10 heteroatoms. The smallest absolute Gasteiger partial charge is 0.137 e. The minimum Gasteiger partial charge on any atom is -0.308 e. The van der Waals surface area contributed by atoms with Crippen LogP contribution in [0.5, 0.6) is 0 Å². The average molecular weight is 657 g/mol. The molecule has 10 nitrogen and oxygen atoms in total. The zero-order valence-electron chi connectivity index (χ0n) is 26.4. The molecule has 3 aromatic carbocycles. The van der Waals surface area contributed by atoms with Crippen LogP contribution in [-0.4, -0.2) is 8.80 Å². The van der Waals surface area contributed by atoms with E-state index in [0.717, 1.165) is 21.5 Å². The predicted octanol–water partition coefficient (Wildman–Crippen LogP) is 4.78. The van der Waals surface area contributed by atoms with Gasteiger partial charge >= 0.3 is 0 Å². The van der Waals surface area contributed by atoms with Crippen LogP contribution in [0.15, 0.2) is 72.8 Å². The topological polar surface area (TPSA) is 199 Å². The molecule has 0 atom stereocenters. The van der Waals surface area contributed by atoms with Gasteiger partial charge in [0.2, 0.25) is 0 Å². The summed E-state index contributed by atoms with van der Waals surface area (Å²) in [5.41, 5.74) is 3.58. The number of aromatic nitrogens is 2. The molecule has 0 saturated carbocycles. The van der Waals surface area contributed by atoms with Crippen molar-refractivity contribution >= 4 is 98.5 Å². The standard InChI is InChI=1S/C42H12N10/c43-13-21(14-44)29-9-37-33-7-35-36(8-34(33)38-10-30(22(15-45)16-46)26-4-1-3-25(29)41(26)51(37)38)40-12-32(24(19-49)20-50)28-6-2-5-27-31(23(17-47)18-48)11-39(35)52(40)42(27)28/h1-12H. The van der Waals surface area contributed by atoms with E-state index in [9.17, 15) is 42.1 Å². The van der Waals surface area contributed by atoms with E-state index < -0.39 is 0 Å². The number of hydrogen-bond acceptors (Lipinski definition) is 8. The lowest BCUT2D eigenvalue weighted by Crippen LogP contribution is -2.14. The van der Waals surface area contributed by atoms with Crippen LogP contribution in [-0.2, 0) is 0 Å². The molecule has 0 radical (unpaired) electrons. The van der Waals surface area contributed by atoms with Gasteiger partial charge in [0.1, 0.15) is 70.8 Å². The fourth-order valence-corrected chi connectivity index (χ4v) is 7.94. The maximum atomic E-state index is 10.0. The zero-order chi connectivity index (χ0) is 36.0. The first-order valence-corrected chi connectivity index (χ1v) is 15.6. The van der Waals surface area contributed by atoms with Crippen molar-refractivity contribution in [3.8, 4) is 48.6 Å². The van der Waals surface area contributed by atoms with E-state index in [1.807, 2.05) is 69.5 Å². The van der Waals surface area contributed by atoms with Gasteiger partial charge in [-0.3, -0.25) is 0 Å². The van der Waals surface area contributed by atoms with Gasteiger partial charge < -0.3 is 8.80 Å². The van der Waals surface area contributed by atoms with Crippen LogP contribution in [0.3, 0.4) is 0 Å². The monoisotopic (exact) mass is 656 g/mol. The first-order chi connectivity index (χ1) is 25.5. The molecule has 6 aromatic heterocycles. The maximum Gasteiger partial charge on any atom is 0.137 e. The second-order valence-electron chi connectivity index (χ2n) is 12.2. The molecule has 0 N–H and O–H groups in total. The number of pyridine rings is 4. The molecule has 0 aliphatic heterocycles. The Morgan fingerprint density at radius 2 is 0.558 bits per heavy atom. The molecule has 52 heavy (non-hydrogen) atoms. The predicted molar refractivity (Wildman–Crippen MR) is 193 cm³/mol. The minimum absolute atomic E-state index is 0.0978. The van der Waals surface area contributed by atoms with E-state index in [1.54, 1.807) is 60.7 Å². The average Bonchev–Trinajstić information content (AvgIpc) is 3.66. The van der Waals surface area contributed by atoms with E-state index in [-0.39, 0.29) is 22.3 Å². The largest absolute Gasteiger partial charge is 0.308 e. The van der Waals surface area contributed by atoms with Crippen LogP contribution in [0.2, 0.25) is 0 Å². The molecule has 0 bridgehead atoms. The van der Waals surface area contributed by atoms with Crippen LogP contribution < -0.4 is 20.9 Å². The van der Waals surface area contributed by atoms with Crippen molar-refractivity contribution in [2.45, 2.75) is 0 Å². The third-order valence-corrected chi connectivity index (χ3v) is 10.0. The number of benzene rings is 3. The van der Waals surface area contributed by atoms with E-state index >= 15 is 0 Å². The van der Waals surface area contributed by atoms with Gasteiger partial charge in [0.15, 0.2) is 0 Å². The van der Waals surface area contributed by atoms with Gasteiger partial charge in [-0.25, -0.2) is 0 Å². The number of fused-ring (bicyclic) bond motifs is 6. The second-order valence-corrected chi connectivity index (χ2v) is 12.2. The first kappa shape index (κ1) is 29.3. The minimum atomic E-state index is -0.0978. The van der Waals surface area contributed by atoms with Gasteiger partial charge in [-0.15, -0.1) is 0 Å². The van der Waals surface area contributed by atoms with Crippen LogP contribution in [0.4, 0.5) is 0 Å². The molecule has 9 aromatic rings. The van der Waals surface area contributed by atoms with Gasteiger partial charge in [-0.05, 0) is 36.4 Å². The van der Waals surface area contributed by atoms with E-state index in [2.05, 4.69) is 0 Å². The molecular formula is C42H12N10. The molecule has 230 valence electrons. The van der Waals surface area contributed by atoms with Crippen LogP contribution in [0.1, 0.15) is 0 Å². The Bertz CT molecular complexity index is 3280. The van der Waals surface area contributed by atoms with Crippen molar-refractivity contribution in [2.24, 2.45) is 0 Å². The Morgan fingerprint density at radius 3 is 0.769 bits per heavy atom. The fourth-order valence-electron chi connectivity index (χ4n) is 7.94. The van der Waals surface area contributed by atoms with Gasteiger partial charge in [0, 0.05) is 64.0 Å². The molecule has 9 rings (SSSR count). The summed E-state index contributed by atoms with van der Waals surface area (Å²) in [6.07, 6.45) is 0. The van der Waals surface area contributed by atoms with Crippen molar-refractivity contribution in [1.82, 2.24) is 8.80 Å². The molecular weight excluding hydrogens is 645 g/mol. The van der Waals surface area contributed by atoms with Crippen LogP contribution in [0.25, 0.3) is 98.5 Å². The van der Waals surface area contributed by atoms with Gasteiger partial charge in [-0.1, -0.05) is 36.4 Å². The second kappa shape index (κ2) is 10.3. The Hall–Kier alpha value is -8.90. The van der Waals surface area contributed by atoms with E-state index in [4.69, 9.17) is 0 Å². The van der Waals surface area contributed by atoms with Gasteiger partial charge in [0.25, 0.3) is 0 Å². The van der Waals surface area contributed by atoms with Gasteiger partial charge in [0.05, 0.1) is 33.1 Å². The summed E-state index contributed by atoms with van der Waals surface area (Å²) in [5, 5.41) is 87.0. The number of para-hydroxylation sites is 2. The maximum absolute atomic E-state index is 10.0. The summed E-state index contributed by atoms with van der Waals surface area (Å²) in [4.78, 5) is 0. The Kier molecular flexibility index (Phi) is 5.79. The van der Waals surface area contributed by atoms with Gasteiger partial charge in [-0.2, -0.15) is 42.1 Å². The molecule has 6 heterocycles. The summed E-state index contributed by atoms with van der Waals surface area (Å²) >= 11 is 0. The van der Waals surface area contributed by atoms with Crippen molar-refractivity contribution in [2.75, 3.05) is 0 Å². The normalized spacial score (nSPS) is 10.9. The zero-order valence-corrected chi connectivity index (χ0v) is 26.4. The number of nitriles is 8. The molecule has 0 saturated heterocycles. The highest BCUT2D eigenvalue weighted by Crippen LogP contribution is 2.39. The number of hydrogen-bond donors (Lipinski definition) is 0. The lowest BCUT2D eigenvalue weighted by atomic mass is 10.0. The number of nitrogens with zero attached hydrogens (tertiary/aromatic N) is 10. The summed E-state index contributed by atoms with van der Waals surface area (Å²) in [6, 6.07) is 38.1. The lowest BCUT2D eigenvalue weighted by Gasteiger charge is -2.11. The summed E-state index contributed by atoms with van der Waals surface area (Å²) in [7, 11) is 0. The summed E-state index contributed by atoms with van der Waals surface area (Å²) in [6.45, 7) is 0. The molecule has 0 fully saturated rings. The summed E-state index contributed by atoms with van der Waals surface area (Å²) in [5.74, 6) is 0. The Balaban J connectivity index is 1.67. The lowest BCUT2D eigenvalue weighted by molar-refractivity contribution is 1.32. The van der Waals surface area contributed by atoms with E-state index in [0.29, 0.717) is 75.5 Å². The SMILES string of the molecule is N#CC(C#N)=c1cc2c3cc4c(cc3c3cc(=C(C#N)C#N)c5cccc1c5n23)c1cc(=C(C#N)C#N)c2cccc3c(=C(C#N)C#N)cc4n1c32. The van der Waals surface area contributed by atoms with Crippen molar-refractivity contribution in [3.05, 3.63) is 93.7 Å². The van der Waals surface area contributed by atoms with Crippen molar-refractivity contribution in [1.29, 1.82) is 42.1 Å². The molecule has 0 amide bonds. The third-order valence-electron chi connectivity index (χ3n) is 10.0. The fraction of sp³-hybridized carbons (Fsp3) is 0. The van der Waals surface area contributed by atoms with Crippen LogP contribution >= 0.6 is 0 Å². The highest BCUT2D eigenvalue weighted by molar-refractivity contribution is 6.24. The summed E-state index contributed by atoms with van der Waals surface area (Å²) < 4.78 is 4.02. The first-order valence-electron chi connectivity index (χ1n) is 15.6. The Labute approximate surface area is 290 Å². The highest BCUT2D eigenvalue weighted by Gasteiger charge is 2.22. The van der Waals surface area contributed by atoms with Crippen molar-refractivity contribution in [3.63, 3.8) is 0 Å². The third kappa shape index (κ3) is 3.42. The molecule has 0 aliphatic rings.